The molecule has 3 aliphatic heterocycles. The van der Waals surface area contributed by atoms with Gasteiger partial charge in [0.25, 0.3) is 5.91 Å². The molecule has 2 aromatic rings. The molecule has 1 unspecified atom stereocenters. The summed E-state index contributed by atoms with van der Waals surface area (Å²) >= 11 is 0. The molecule has 2 aromatic carbocycles. The van der Waals surface area contributed by atoms with Gasteiger partial charge in [-0.05, 0) is 41.5 Å². The van der Waals surface area contributed by atoms with Crippen LogP contribution in [0.3, 0.4) is 0 Å². The molecule has 3 aliphatic rings. The van der Waals surface area contributed by atoms with Crippen molar-refractivity contribution in [2.75, 3.05) is 18.0 Å². The molecule has 0 aromatic heterocycles. The highest BCUT2D eigenvalue weighted by molar-refractivity contribution is 6.08. The van der Waals surface area contributed by atoms with E-state index >= 15 is 0 Å². The first-order chi connectivity index (χ1) is 19.1. The van der Waals surface area contributed by atoms with Gasteiger partial charge in [-0.2, -0.15) is 5.53 Å². The lowest BCUT2D eigenvalue weighted by Gasteiger charge is -2.33. The van der Waals surface area contributed by atoms with E-state index in [2.05, 4.69) is 32.3 Å². The van der Waals surface area contributed by atoms with Gasteiger partial charge in [-0.25, -0.2) is 10.9 Å². The monoisotopic (exact) mass is 547 g/mol. The second-order valence-corrected chi connectivity index (χ2v) is 11.7. The Morgan fingerprint density at radius 1 is 1.05 bits per heavy atom. The van der Waals surface area contributed by atoms with E-state index in [4.69, 9.17) is 0 Å². The van der Waals surface area contributed by atoms with Crippen molar-refractivity contribution in [2.24, 2.45) is 5.41 Å². The van der Waals surface area contributed by atoms with E-state index in [0.717, 1.165) is 16.8 Å². The maximum Gasteiger partial charge on any atom is 0.251 e. The second kappa shape index (κ2) is 11.4. The van der Waals surface area contributed by atoms with Crippen LogP contribution in [0.1, 0.15) is 48.7 Å². The van der Waals surface area contributed by atoms with Crippen molar-refractivity contribution in [1.29, 1.82) is 0 Å². The first-order valence-electron chi connectivity index (χ1n) is 13.7. The van der Waals surface area contributed by atoms with Crippen molar-refractivity contribution >= 4 is 29.3 Å². The van der Waals surface area contributed by atoms with Crippen LogP contribution in [0.4, 0.5) is 5.69 Å². The predicted octanol–water partition coefficient (Wildman–Crippen LogP) is 0.317. The number of nitrogens with one attached hydrogen (secondary N) is 6. The SMILES string of the molecule is CC(C)(C)[C@H](NC(=O)c1ccccc1)C(=O)N[C@H]1CCc2cccc3c2N(C1=O)[C@H](C(=O)NCC1CNNN1)C3. The smallest absolute Gasteiger partial charge is 0.251 e. The van der Waals surface area contributed by atoms with E-state index in [-0.39, 0.29) is 23.8 Å². The normalized spacial score (nSPS) is 22.7. The van der Waals surface area contributed by atoms with Gasteiger partial charge in [-0.15, -0.1) is 0 Å². The summed E-state index contributed by atoms with van der Waals surface area (Å²) in [5, 5.41) is 8.76. The summed E-state index contributed by atoms with van der Waals surface area (Å²) in [7, 11) is 0. The summed E-state index contributed by atoms with van der Waals surface area (Å²) < 4.78 is 0. The zero-order chi connectivity index (χ0) is 28.4. The Bertz CT molecular complexity index is 1290. The zero-order valence-corrected chi connectivity index (χ0v) is 23.0. The number of hydrogen-bond donors (Lipinski definition) is 6. The minimum Gasteiger partial charge on any atom is -0.353 e. The Hall–Kier alpha value is -3.80. The van der Waals surface area contributed by atoms with E-state index in [1.807, 2.05) is 45.0 Å². The number of para-hydroxylation sites is 1. The number of rotatable bonds is 7. The Morgan fingerprint density at radius 3 is 2.50 bits per heavy atom. The fourth-order valence-electron chi connectivity index (χ4n) is 5.55. The number of carbonyl (C=O) groups excluding carboxylic acids is 4. The molecule has 1 saturated heterocycles. The van der Waals surface area contributed by atoms with Crippen LogP contribution in [0.2, 0.25) is 0 Å². The number of hydrazine groups is 2. The lowest BCUT2D eigenvalue weighted by Crippen LogP contribution is -2.59. The highest BCUT2D eigenvalue weighted by Crippen LogP contribution is 2.39. The number of hydrogen-bond acceptors (Lipinski definition) is 7. The van der Waals surface area contributed by atoms with Crippen LogP contribution in [0.25, 0.3) is 0 Å². The second-order valence-electron chi connectivity index (χ2n) is 11.7. The first-order valence-corrected chi connectivity index (χ1v) is 13.7. The highest BCUT2D eigenvalue weighted by Gasteiger charge is 2.45. The van der Waals surface area contributed by atoms with Crippen molar-refractivity contribution in [3.05, 3.63) is 65.2 Å². The molecular weight excluding hydrogens is 510 g/mol. The summed E-state index contributed by atoms with van der Waals surface area (Å²) in [4.78, 5) is 55.5. The van der Waals surface area contributed by atoms with Crippen LogP contribution in [-0.4, -0.2) is 60.9 Å². The lowest BCUT2D eigenvalue weighted by atomic mass is 9.85. The van der Waals surface area contributed by atoms with Crippen molar-refractivity contribution in [2.45, 2.75) is 64.2 Å². The van der Waals surface area contributed by atoms with Crippen LogP contribution in [-0.2, 0) is 27.2 Å². The van der Waals surface area contributed by atoms with Crippen molar-refractivity contribution < 1.29 is 19.2 Å². The van der Waals surface area contributed by atoms with Crippen LogP contribution in [0.5, 0.6) is 0 Å². The average Bonchev–Trinajstić information content (AvgIpc) is 3.57. The largest absolute Gasteiger partial charge is 0.353 e. The van der Waals surface area contributed by atoms with E-state index in [0.29, 0.717) is 37.9 Å². The number of amides is 4. The van der Waals surface area contributed by atoms with Gasteiger partial charge in [0.15, 0.2) is 0 Å². The number of benzene rings is 2. The van der Waals surface area contributed by atoms with E-state index < -0.39 is 29.4 Å². The maximum absolute atomic E-state index is 14.0. The molecule has 212 valence electrons. The molecule has 40 heavy (non-hydrogen) atoms. The summed E-state index contributed by atoms with van der Waals surface area (Å²) in [6.07, 6.45) is 1.37. The minimum atomic E-state index is -0.881. The van der Waals surface area contributed by atoms with Gasteiger partial charge >= 0.3 is 0 Å². The number of carbonyl (C=O) groups is 4. The van der Waals surface area contributed by atoms with Gasteiger partial charge in [0, 0.05) is 25.1 Å². The number of nitrogens with zero attached hydrogens (tertiary/aromatic N) is 1. The standard InChI is InChI=1S/C29H37N7O4/c1-29(2,3)24(33-25(37)18-8-5-4-6-9-18)27(39)32-21-13-12-17-10-7-11-19-14-22(36(23(17)19)28(21)40)26(38)30-15-20-16-31-35-34-20/h4-11,20-22,24,31,34-35H,12-16H2,1-3H3,(H,30,38)(H,32,39)(H,33,37)/t20?,21-,22-,24+/m0/s1. The summed E-state index contributed by atoms with van der Waals surface area (Å²) in [5.74, 6) is -1.35. The van der Waals surface area contributed by atoms with Crippen molar-refractivity contribution in [1.82, 2.24) is 32.3 Å². The molecule has 11 nitrogen and oxygen atoms in total. The number of anilines is 1. The van der Waals surface area contributed by atoms with E-state index in [1.54, 1.807) is 29.2 Å². The third kappa shape index (κ3) is 5.72. The molecule has 5 rings (SSSR count). The molecule has 4 atom stereocenters. The third-order valence-corrected chi connectivity index (χ3v) is 7.70. The predicted molar refractivity (Wildman–Crippen MR) is 150 cm³/mol. The van der Waals surface area contributed by atoms with Gasteiger partial charge in [-0.3, -0.25) is 24.1 Å². The molecule has 0 spiro atoms. The van der Waals surface area contributed by atoms with Gasteiger partial charge < -0.3 is 16.0 Å². The fourth-order valence-corrected chi connectivity index (χ4v) is 5.55. The number of aryl methyl sites for hydroxylation is 1. The van der Waals surface area contributed by atoms with Crippen LogP contribution in [0, 0.1) is 5.41 Å². The topological polar surface area (TPSA) is 144 Å². The Labute approximate surface area is 233 Å². The average molecular weight is 548 g/mol. The van der Waals surface area contributed by atoms with Crippen molar-refractivity contribution in [3.63, 3.8) is 0 Å². The maximum atomic E-state index is 14.0. The quantitative estimate of drug-likeness (QED) is 0.293. The Morgan fingerprint density at radius 2 is 1.80 bits per heavy atom. The summed E-state index contributed by atoms with van der Waals surface area (Å²) in [5.41, 5.74) is 11.3. The zero-order valence-electron chi connectivity index (χ0n) is 23.0. The van der Waals surface area contributed by atoms with E-state index in [9.17, 15) is 19.2 Å². The fraction of sp³-hybridized carbons (Fsp3) is 0.448. The Kier molecular flexibility index (Phi) is 7.88. The van der Waals surface area contributed by atoms with Gasteiger partial charge in [0.1, 0.15) is 18.1 Å². The third-order valence-electron chi connectivity index (χ3n) is 7.70. The molecule has 11 heteroatoms. The van der Waals surface area contributed by atoms with Gasteiger partial charge in [0.05, 0.1) is 11.7 Å². The molecule has 0 radical (unpaired) electrons. The molecule has 3 heterocycles. The van der Waals surface area contributed by atoms with Gasteiger partial charge in [0.2, 0.25) is 17.7 Å². The summed E-state index contributed by atoms with van der Waals surface area (Å²) in [6.45, 7) is 6.65. The van der Waals surface area contributed by atoms with Crippen molar-refractivity contribution in [3.8, 4) is 0 Å². The Balaban J connectivity index is 1.34. The molecular formula is C29H37N7O4. The molecule has 4 amide bonds. The van der Waals surface area contributed by atoms with E-state index in [1.165, 1.54) is 0 Å². The molecule has 0 bridgehead atoms. The molecule has 1 fully saturated rings. The molecule has 6 N–H and O–H groups in total. The molecule has 0 saturated carbocycles. The first kappa shape index (κ1) is 27.8. The van der Waals surface area contributed by atoms with Gasteiger partial charge in [-0.1, -0.05) is 57.2 Å². The molecule has 0 aliphatic carbocycles. The van der Waals surface area contributed by atoms with Crippen LogP contribution < -0.4 is 37.2 Å². The van der Waals surface area contributed by atoms with Crippen LogP contribution in [0.15, 0.2) is 48.5 Å². The highest BCUT2D eigenvalue weighted by atomic mass is 16.2. The summed E-state index contributed by atoms with van der Waals surface area (Å²) in [6, 6.07) is 12.2. The van der Waals surface area contributed by atoms with Crippen LogP contribution >= 0.6 is 0 Å². The minimum absolute atomic E-state index is 0.0237. The lowest BCUT2D eigenvalue weighted by molar-refractivity contribution is -0.131.